The third kappa shape index (κ3) is 2.98. The summed E-state index contributed by atoms with van der Waals surface area (Å²) in [5, 5.41) is 1.06. The van der Waals surface area contributed by atoms with Crippen molar-refractivity contribution in [2.24, 2.45) is 0 Å². The van der Waals surface area contributed by atoms with Gasteiger partial charge in [0.1, 0.15) is 0 Å². The molecule has 0 unspecified atom stereocenters. The smallest absolute Gasteiger partial charge is 0.255 e. The minimum absolute atomic E-state index is 0.181. The summed E-state index contributed by atoms with van der Waals surface area (Å²) in [6.45, 7) is 0. The third-order valence-electron chi connectivity index (χ3n) is 2.71. The third-order valence-corrected chi connectivity index (χ3v) is 5.85. The molecule has 0 saturated heterocycles. The number of hydrogen-bond acceptors (Lipinski definition) is 4. The van der Waals surface area contributed by atoms with Gasteiger partial charge in [0.05, 0.1) is 25.2 Å². The van der Waals surface area contributed by atoms with Gasteiger partial charge >= 0.3 is 0 Å². The number of hydrogen-bond donors (Lipinski definition) is 1. The fraction of sp³-hybridized carbons (Fsp3) is 0. The highest BCUT2D eigenvalue weighted by Gasteiger charge is 2.16. The molecule has 1 heterocycles. The minimum Gasteiger partial charge on any atom is -0.255 e. The second-order valence-corrected chi connectivity index (χ2v) is 7.70. The monoisotopic (exact) mass is 358 g/mol. The van der Waals surface area contributed by atoms with E-state index in [0.29, 0.717) is 15.6 Å². The minimum atomic E-state index is -3.65. The molecule has 0 fully saturated rings. The van der Waals surface area contributed by atoms with E-state index in [1.54, 1.807) is 30.3 Å². The zero-order valence-corrected chi connectivity index (χ0v) is 13.5. The Morgan fingerprint density at radius 3 is 2.43 bits per heavy atom. The van der Waals surface area contributed by atoms with Gasteiger partial charge in [-0.25, -0.2) is 13.4 Å². The largest absolute Gasteiger partial charge is 0.263 e. The molecular weight excluding hydrogens is 351 g/mol. The Labute approximate surface area is 135 Å². The van der Waals surface area contributed by atoms with Gasteiger partial charge < -0.3 is 0 Å². The molecule has 0 aliphatic rings. The van der Waals surface area contributed by atoms with Gasteiger partial charge in [-0.3, -0.25) is 4.72 Å². The van der Waals surface area contributed by atoms with Crippen LogP contribution >= 0.6 is 34.5 Å². The molecule has 8 heteroatoms. The van der Waals surface area contributed by atoms with Crippen LogP contribution in [0.25, 0.3) is 10.2 Å². The van der Waals surface area contributed by atoms with Crippen molar-refractivity contribution in [3.05, 3.63) is 52.5 Å². The van der Waals surface area contributed by atoms with Crippen LogP contribution in [0.5, 0.6) is 0 Å². The molecule has 0 spiro atoms. The highest BCUT2D eigenvalue weighted by atomic mass is 35.5. The van der Waals surface area contributed by atoms with Crippen LogP contribution < -0.4 is 4.72 Å². The van der Waals surface area contributed by atoms with E-state index in [9.17, 15) is 8.42 Å². The molecule has 0 aliphatic carbocycles. The highest BCUT2D eigenvalue weighted by molar-refractivity contribution is 7.93. The standard InChI is InChI=1S/C13H8Cl2N2O2S2/c14-9-6-11-12(7-10(9)15)20-13(16-11)17-21(18,19)8-4-2-1-3-5-8/h1-7H,(H,16,17). The Kier molecular flexibility index (Phi) is 3.79. The quantitative estimate of drug-likeness (QED) is 0.754. The molecule has 0 radical (unpaired) electrons. The molecule has 1 aromatic heterocycles. The maximum atomic E-state index is 12.2. The molecule has 0 bridgehead atoms. The normalized spacial score (nSPS) is 11.7. The maximum absolute atomic E-state index is 12.2. The number of rotatable bonds is 3. The van der Waals surface area contributed by atoms with Crippen molar-refractivity contribution in [3.63, 3.8) is 0 Å². The van der Waals surface area contributed by atoms with E-state index in [0.717, 1.165) is 4.70 Å². The number of thiazole rings is 1. The van der Waals surface area contributed by atoms with Crippen molar-refractivity contribution in [1.82, 2.24) is 4.98 Å². The molecule has 4 nitrogen and oxygen atoms in total. The van der Waals surface area contributed by atoms with Gasteiger partial charge in [-0.05, 0) is 24.3 Å². The van der Waals surface area contributed by atoms with Crippen LogP contribution in [0.15, 0.2) is 47.4 Å². The van der Waals surface area contributed by atoms with Crippen molar-refractivity contribution in [2.75, 3.05) is 4.72 Å². The zero-order valence-electron chi connectivity index (χ0n) is 10.4. The van der Waals surface area contributed by atoms with Gasteiger partial charge in [0.25, 0.3) is 10.0 Å². The molecule has 0 amide bonds. The number of aromatic nitrogens is 1. The van der Waals surface area contributed by atoms with E-state index in [-0.39, 0.29) is 10.0 Å². The lowest BCUT2D eigenvalue weighted by atomic mass is 10.3. The van der Waals surface area contributed by atoms with E-state index >= 15 is 0 Å². The zero-order chi connectivity index (χ0) is 15.0. The molecule has 1 N–H and O–H groups in total. The summed E-state index contributed by atoms with van der Waals surface area (Å²) in [6.07, 6.45) is 0. The van der Waals surface area contributed by atoms with Crippen molar-refractivity contribution < 1.29 is 8.42 Å². The van der Waals surface area contributed by atoms with Crippen molar-refractivity contribution >= 4 is 59.9 Å². The Morgan fingerprint density at radius 2 is 1.71 bits per heavy atom. The van der Waals surface area contributed by atoms with E-state index in [1.807, 2.05) is 0 Å². The second-order valence-electron chi connectivity index (χ2n) is 4.17. The SMILES string of the molecule is O=S(=O)(Nc1nc2cc(Cl)c(Cl)cc2s1)c1ccccc1. The lowest BCUT2D eigenvalue weighted by Crippen LogP contribution is -2.12. The van der Waals surface area contributed by atoms with Gasteiger partial charge in [-0.2, -0.15) is 0 Å². The first-order valence-electron chi connectivity index (χ1n) is 5.79. The Morgan fingerprint density at radius 1 is 1.05 bits per heavy atom. The first kappa shape index (κ1) is 14.6. The van der Waals surface area contributed by atoms with E-state index < -0.39 is 10.0 Å². The number of benzene rings is 2. The van der Waals surface area contributed by atoms with Crippen LogP contribution in [0.3, 0.4) is 0 Å². The van der Waals surface area contributed by atoms with Crippen LogP contribution in [-0.2, 0) is 10.0 Å². The molecule has 2 aromatic carbocycles. The van der Waals surface area contributed by atoms with Gasteiger partial charge in [0, 0.05) is 0 Å². The molecule has 21 heavy (non-hydrogen) atoms. The number of nitrogens with one attached hydrogen (secondary N) is 1. The summed E-state index contributed by atoms with van der Waals surface area (Å²) in [7, 11) is -3.65. The molecule has 3 rings (SSSR count). The fourth-order valence-electron chi connectivity index (χ4n) is 1.74. The molecule has 0 aliphatic heterocycles. The van der Waals surface area contributed by atoms with Crippen LogP contribution in [0.2, 0.25) is 10.0 Å². The van der Waals surface area contributed by atoms with E-state index in [2.05, 4.69) is 9.71 Å². The highest BCUT2D eigenvalue weighted by Crippen LogP contribution is 2.33. The average molecular weight is 359 g/mol. The lowest BCUT2D eigenvalue weighted by molar-refractivity contribution is 0.601. The summed E-state index contributed by atoms with van der Waals surface area (Å²) in [4.78, 5) is 4.39. The number of nitrogens with zero attached hydrogens (tertiary/aromatic N) is 1. The molecule has 108 valence electrons. The molecular formula is C13H8Cl2N2O2S2. The number of sulfonamides is 1. The number of halogens is 2. The molecule has 0 saturated carbocycles. The first-order valence-corrected chi connectivity index (χ1v) is 8.85. The van der Waals surface area contributed by atoms with Gasteiger partial charge in [-0.1, -0.05) is 52.7 Å². The van der Waals surface area contributed by atoms with Crippen LogP contribution in [-0.4, -0.2) is 13.4 Å². The molecule has 0 atom stereocenters. The molecule has 3 aromatic rings. The van der Waals surface area contributed by atoms with Gasteiger partial charge in [0.15, 0.2) is 5.13 Å². The van der Waals surface area contributed by atoms with Crippen LogP contribution in [0, 0.1) is 0 Å². The van der Waals surface area contributed by atoms with E-state index in [4.69, 9.17) is 23.2 Å². The Balaban J connectivity index is 1.99. The Hall–Kier alpha value is -1.34. The average Bonchev–Trinajstić information content (AvgIpc) is 2.81. The second kappa shape index (κ2) is 5.46. The van der Waals surface area contributed by atoms with E-state index in [1.165, 1.54) is 23.5 Å². The predicted octanol–water partition coefficient (Wildman–Crippen LogP) is 4.40. The summed E-state index contributed by atoms with van der Waals surface area (Å²) >= 11 is 13.1. The summed E-state index contributed by atoms with van der Waals surface area (Å²) < 4.78 is 27.6. The predicted molar refractivity (Wildman–Crippen MR) is 86.9 cm³/mol. The van der Waals surface area contributed by atoms with Gasteiger partial charge in [0.2, 0.25) is 0 Å². The maximum Gasteiger partial charge on any atom is 0.263 e. The van der Waals surface area contributed by atoms with Crippen molar-refractivity contribution in [2.45, 2.75) is 4.90 Å². The fourth-order valence-corrected chi connectivity index (χ4v) is 4.27. The first-order chi connectivity index (χ1) is 9.95. The van der Waals surface area contributed by atoms with Crippen LogP contribution in [0.1, 0.15) is 0 Å². The number of fused-ring (bicyclic) bond motifs is 1. The van der Waals surface area contributed by atoms with Gasteiger partial charge in [-0.15, -0.1) is 0 Å². The van der Waals surface area contributed by atoms with Crippen molar-refractivity contribution in [3.8, 4) is 0 Å². The topological polar surface area (TPSA) is 59.1 Å². The Bertz CT molecular complexity index is 870. The van der Waals surface area contributed by atoms with Crippen LogP contribution in [0.4, 0.5) is 5.13 Å². The summed E-state index contributed by atoms with van der Waals surface area (Å²) in [5.74, 6) is 0. The van der Waals surface area contributed by atoms with Crippen molar-refractivity contribution in [1.29, 1.82) is 0 Å². The number of anilines is 1. The summed E-state index contributed by atoms with van der Waals surface area (Å²) in [5.41, 5.74) is 0.597. The lowest BCUT2D eigenvalue weighted by Gasteiger charge is -2.03. The summed E-state index contributed by atoms with van der Waals surface area (Å²) in [6, 6.07) is 11.4.